The highest BCUT2D eigenvalue weighted by Crippen LogP contribution is 2.69. The SMILES string of the molecule is C=CCN(C)C(=O)[C@@H]1[C@H]2C(=O)N(CCCCCCO)C(C(=O)N(CC=C)c3ccc(N(CC)CC)cc3)C23S[C@@H]1CC3C. The molecular weight excluding hydrogens is 560 g/mol. The van der Waals surface area contributed by atoms with Crippen LogP contribution in [0.3, 0.4) is 0 Å². The summed E-state index contributed by atoms with van der Waals surface area (Å²) in [4.78, 5) is 50.6. The number of hydrogen-bond donors (Lipinski definition) is 1. The predicted molar refractivity (Wildman–Crippen MR) is 176 cm³/mol. The molecule has 3 saturated heterocycles. The van der Waals surface area contributed by atoms with Gasteiger partial charge in [0, 0.05) is 63.0 Å². The van der Waals surface area contributed by atoms with E-state index in [-0.39, 0.29) is 35.5 Å². The van der Waals surface area contributed by atoms with Gasteiger partial charge in [-0.1, -0.05) is 31.9 Å². The summed E-state index contributed by atoms with van der Waals surface area (Å²) in [5.74, 6) is -1.08. The van der Waals surface area contributed by atoms with Crippen molar-refractivity contribution in [2.24, 2.45) is 17.8 Å². The van der Waals surface area contributed by atoms with Crippen molar-refractivity contribution in [3.63, 3.8) is 0 Å². The number of rotatable bonds is 16. The molecular formula is C34H50N4O4S. The zero-order valence-corrected chi connectivity index (χ0v) is 27.2. The number of carbonyl (C=O) groups is 3. The first kappa shape index (κ1) is 33.1. The molecule has 1 N–H and O–H groups in total. The second kappa shape index (κ2) is 14.3. The van der Waals surface area contributed by atoms with Crippen molar-refractivity contribution in [1.29, 1.82) is 0 Å². The zero-order chi connectivity index (χ0) is 31.3. The average Bonchev–Trinajstić information content (AvgIpc) is 3.59. The van der Waals surface area contributed by atoms with Gasteiger partial charge in [-0.2, -0.15) is 0 Å². The van der Waals surface area contributed by atoms with Crippen LogP contribution < -0.4 is 9.80 Å². The van der Waals surface area contributed by atoms with Crippen LogP contribution in [0.15, 0.2) is 49.6 Å². The molecule has 0 saturated carbocycles. The summed E-state index contributed by atoms with van der Waals surface area (Å²) >= 11 is 1.71. The van der Waals surface area contributed by atoms with Crippen molar-refractivity contribution < 1.29 is 19.5 Å². The number of amides is 3. The Kier molecular flexibility index (Phi) is 11.0. The van der Waals surface area contributed by atoms with Gasteiger partial charge in [0.05, 0.1) is 16.6 Å². The number of anilines is 2. The molecule has 3 fully saturated rings. The van der Waals surface area contributed by atoms with Gasteiger partial charge in [0.15, 0.2) is 0 Å². The van der Waals surface area contributed by atoms with E-state index in [1.807, 2.05) is 29.2 Å². The number of hydrogen-bond acceptors (Lipinski definition) is 6. The number of fused-ring (bicyclic) bond motifs is 1. The summed E-state index contributed by atoms with van der Waals surface area (Å²) < 4.78 is -0.667. The second-order valence-electron chi connectivity index (χ2n) is 12.2. The second-order valence-corrected chi connectivity index (χ2v) is 13.7. The molecule has 1 aromatic carbocycles. The van der Waals surface area contributed by atoms with Crippen molar-refractivity contribution in [3.8, 4) is 0 Å². The van der Waals surface area contributed by atoms with Crippen molar-refractivity contribution in [3.05, 3.63) is 49.6 Å². The Morgan fingerprint density at radius 1 is 1.02 bits per heavy atom. The number of unbranched alkanes of at least 4 members (excludes halogenated alkanes) is 3. The van der Waals surface area contributed by atoms with Gasteiger partial charge in [-0.25, -0.2) is 0 Å². The van der Waals surface area contributed by atoms with E-state index < -0.39 is 22.6 Å². The smallest absolute Gasteiger partial charge is 0.251 e. The molecule has 0 aromatic heterocycles. The van der Waals surface area contributed by atoms with Gasteiger partial charge in [-0.3, -0.25) is 14.4 Å². The Balaban J connectivity index is 1.73. The molecule has 9 heteroatoms. The molecule has 1 spiro atoms. The third kappa shape index (κ3) is 5.99. The fourth-order valence-electron chi connectivity index (χ4n) is 7.64. The molecule has 3 unspecified atom stereocenters. The molecule has 2 bridgehead atoms. The van der Waals surface area contributed by atoms with Gasteiger partial charge < -0.3 is 24.7 Å². The molecule has 1 aromatic rings. The summed E-state index contributed by atoms with van der Waals surface area (Å²) in [6.07, 6.45) is 7.45. The van der Waals surface area contributed by atoms with Crippen molar-refractivity contribution in [2.45, 2.75) is 68.9 Å². The number of nitrogens with zero attached hydrogens (tertiary/aromatic N) is 4. The third-order valence-corrected chi connectivity index (χ3v) is 11.8. The monoisotopic (exact) mass is 610 g/mol. The van der Waals surface area contributed by atoms with E-state index in [2.05, 4.69) is 38.8 Å². The summed E-state index contributed by atoms with van der Waals surface area (Å²) in [5, 5.41) is 9.24. The van der Waals surface area contributed by atoms with Crippen LogP contribution in [0.2, 0.25) is 0 Å². The highest BCUT2D eigenvalue weighted by Gasteiger charge is 2.76. The number of aliphatic hydroxyl groups is 1. The highest BCUT2D eigenvalue weighted by molar-refractivity contribution is 8.02. The Hall–Kier alpha value is -2.78. The van der Waals surface area contributed by atoms with Crippen LogP contribution in [0.5, 0.6) is 0 Å². The van der Waals surface area contributed by atoms with Crippen LogP contribution in [0.25, 0.3) is 0 Å². The molecule has 0 radical (unpaired) electrons. The molecule has 6 atom stereocenters. The molecule has 8 nitrogen and oxygen atoms in total. The van der Waals surface area contributed by atoms with E-state index in [4.69, 9.17) is 0 Å². The lowest BCUT2D eigenvalue weighted by atomic mass is 9.65. The van der Waals surface area contributed by atoms with E-state index in [0.717, 1.165) is 56.6 Å². The minimum Gasteiger partial charge on any atom is -0.396 e. The van der Waals surface area contributed by atoms with E-state index in [9.17, 15) is 19.5 Å². The Bertz CT molecular complexity index is 1170. The summed E-state index contributed by atoms with van der Waals surface area (Å²) in [7, 11) is 1.77. The largest absolute Gasteiger partial charge is 0.396 e. The van der Waals surface area contributed by atoms with E-state index in [0.29, 0.717) is 19.6 Å². The molecule has 3 amide bonds. The lowest BCUT2D eigenvalue weighted by molar-refractivity contribution is -0.143. The maximum Gasteiger partial charge on any atom is 0.251 e. The minimum absolute atomic E-state index is 0.00641. The number of benzene rings is 1. The number of aliphatic hydroxyl groups excluding tert-OH is 1. The van der Waals surface area contributed by atoms with Crippen molar-refractivity contribution >= 4 is 40.9 Å². The van der Waals surface area contributed by atoms with E-state index in [1.54, 1.807) is 40.8 Å². The number of likely N-dealkylation sites (N-methyl/N-ethyl adjacent to an activating group) is 1. The van der Waals surface area contributed by atoms with Crippen LogP contribution >= 0.6 is 11.8 Å². The summed E-state index contributed by atoms with van der Waals surface area (Å²) in [6.45, 7) is 17.3. The van der Waals surface area contributed by atoms with E-state index >= 15 is 0 Å². The first-order valence-electron chi connectivity index (χ1n) is 15.9. The number of carbonyl (C=O) groups excluding carboxylic acids is 3. The quantitative estimate of drug-likeness (QED) is 0.218. The molecule has 43 heavy (non-hydrogen) atoms. The van der Waals surface area contributed by atoms with Crippen molar-refractivity contribution in [1.82, 2.24) is 9.80 Å². The topological polar surface area (TPSA) is 84.4 Å². The lowest BCUT2D eigenvalue weighted by Gasteiger charge is -2.41. The van der Waals surface area contributed by atoms with Crippen LogP contribution in [0.4, 0.5) is 11.4 Å². The highest BCUT2D eigenvalue weighted by atomic mass is 32.2. The van der Waals surface area contributed by atoms with Gasteiger partial charge in [-0.15, -0.1) is 24.9 Å². The number of thioether (sulfide) groups is 1. The third-order valence-electron chi connectivity index (χ3n) is 9.72. The van der Waals surface area contributed by atoms with Gasteiger partial charge in [-0.05, 0) is 63.3 Å². The Labute approximate surface area is 262 Å². The first-order chi connectivity index (χ1) is 20.7. The standard InChI is InChI=1S/C34H50N4O4S/c1-7-19-35(6)31(40)28-27-23-24(5)34(43-27)29(28)32(41)38(21-13-11-12-14-22-39)30(34)33(42)37(20-8-2)26-17-15-25(16-18-26)36(9-3)10-4/h7-8,15-18,24,27-30,39H,1-2,9-14,19-23H2,3-6H3/t24?,27-,28+,29+,30?,34?/m1/s1. The molecule has 236 valence electrons. The average molecular weight is 611 g/mol. The van der Waals surface area contributed by atoms with Gasteiger partial charge >= 0.3 is 0 Å². The Morgan fingerprint density at radius 2 is 1.65 bits per heavy atom. The fourth-order valence-corrected chi connectivity index (χ4v) is 10.0. The van der Waals surface area contributed by atoms with Crippen LogP contribution in [0.1, 0.15) is 52.9 Å². The predicted octanol–water partition coefficient (Wildman–Crippen LogP) is 4.59. The summed E-state index contributed by atoms with van der Waals surface area (Å²) in [5.41, 5.74) is 1.88. The maximum atomic E-state index is 14.9. The summed E-state index contributed by atoms with van der Waals surface area (Å²) in [6, 6.07) is 7.40. The minimum atomic E-state index is -0.669. The van der Waals surface area contributed by atoms with Crippen LogP contribution in [-0.2, 0) is 14.4 Å². The van der Waals surface area contributed by atoms with Gasteiger partial charge in [0.1, 0.15) is 6.04 Å². The number of likely N-dealkylation sites (tertiary alicyclic amines) is 1. The lowest BCUT2D eigenvalue weighted by Crippen LogP contribution is -2.57. The normalized spacial score (nSPS) is 27.2. The fraction of sp³-hybridized carbons (Fsp3) is 0.618. The van der Waals surface area contributed by atoms with Crippen LogP contribution in [-0.4, -0.2) is 95.0 Å². The zero-order valence-electron chi connectivity index (χ0n) is 26.4. The van der Waals surface area contributed by atoms with E-state index in [1.165, 1.54) is 0 Å². The van der Waals surface area contributed by atoms with Gasteiger partial charge in [0.25, 0.3) is 5.91 Å². The first-order valence-corrected chi connectivity index (χ1v) is 16.8. The molecule has 4 rings (SSSR count). The van der Waals surface area contributed by atoms with Crippen LogP contribution in [0, 0.1) is 17.8 Å². The van der Waals surface area contributed by atoms with Gasteiger partial charge in [0.2, 0.25) is 11.8 Å². The maximum absolute atomic E-state index is 14.9. The molecule has 3 aliphatic rings. The van der Waals surface area contributed by atoms with Crippen molar-refractivity contribution in [2.75, 3.05) is 56.2 Å². The molecule has 3 heterocycles. The Morgan fingerprint density at radius 3 is 2.26 bits per heavy atom. The molecule has 0 aliphatic carbocycles. The molecule has 3 aliphatic heterocycles.